The van der Waals surface area contributed by atoms with Gasteiger partial charge in [0.25, 0.3) is 0 Å². The molecule has 6 nitrogen and oxygen atoms in total. The number of aromatic hydroxyl groups is 1. The molecule has 2 amide bonds. The first kappa shape index (κ1) is 14.3. The van der Waals surface area contributed by atoms with Gasteiger partial charge in [0.05, 0.1) is 6.04 Å². The summed E-state index contributed by atoms with van der Waals surface area (Å²) in [6, 6.07) is 5.30. The number of likely N-dealkylation sites (tertiary alicyclic amines) is 1. The van der Waals surface area contributed by atoms with Gasteiger partial charge in [-0.2, -0.15) is 0 Å². The molecule has 0 spiro atoms. The standard InChI is InChI=1S/C14H19N3O3/c15-11(8-9-3-5-10(18)6-4-9)14(20)17-7-1-2-12(17)13(16)19/h3-6,11-12,18H,1-2,7-8,15H2,(H2,16,19)/t11-,12-/m0/s1. The Bertz CT molecular complexity index is 501. The van der Waals surface area contributed by atoms with E-state index in [-0.39, 0.29) is 11.7 Å². The van der Waals surface area contributed by atoms with Gasteiger partial charge in [0.2, 0.25) is 11.8 Å². The van der Waals surface area contributed by atoms with Crippen molar-refractivity contribution >= 4 is 11.8 Å². The Kier molecular flexibility index (Phi) is 4.24. The summed E-state index contributed by atoms with van der Waals surface area (Å²) in [7, 11) is 0. The number of phenolic OH excluding ortho intramolecular Hbond substituents is 1. The van der Waals surface area contributed by atoms with Crippen LogP contribution in [0.4, 0.5) is 0 Å². The van der Waals surface area contributed by atoms with Crippen molar-refractivity contribution in [1.82, 2.24) is 4.90 Å². The van der Waals surface area contributed by atoms with Crippen LogP contribution in [0.3, 0.4) is 0 Å². The summed E-state index contributed by atoms with van der Waals surface area (Å²) < 4.78 is 0. The molecular formula is C14H19N3O3. The van der Waals surface area contributed by atoms with E-state index in [1.54, 1.807) is 24.3 Å². The summed E-state index contributed by atoms with van der Waals surface area (Å²) in [6.45, 7) is 0.524. The molecule has 1 aromatic rings. The Hall–Kier alpha value is -2.08. The van der Waals surface area contributed by atoms with Gasteiger partial charge in [0.15, 0.2) is 0 Å². The van der Waals surface area contributed by atoms with Crippen molar-refractivity contribution in [2.24, 2.45) is 11.5 Å². The van der Waals surface area contributed by atoms with Crippen molar-refractivity contribution < 1.29 is 14.7 Å². The number of primary amides is 1. The van der Waals surface area contributed by atoms with E-state index in [4.69, 9.17) is 11.5 Å². The molecule has 6 heteroatoms. The maximum absolute atomic E-state index is 12.3. The fourth-order valence-electron chi connectivity index (χ4n) is 2.51. The third-order valence-electron chi connectivity index (χ3n) is 3.57. The van der Waals surface area contributed by atoms with E-state index in [2.05, 4.69) is 0 Å². The number of carbonyl (C=O) groups excluding carboxylic acids is 2. The smallest absolute Gasteiger partial charge is 0.240 e. The average molecular weight is 277 g/mol. The van der Waals surface area contributed by atoms with E-state index in [9.17, 15) is 14.7 Å². The Morgan fingerprint density at radius 1 is 1.35 bits per heavy atom. The maximum atomic E-state index is 12.3. The molecule has 1 aliphatic rings. The van der Waals surface area contributed by atoms with Gasteiger partial charge in [0.1, 0.15) is 11.8 Å². The van der Waals surface area contributed by atoms with Crippen molar-refractivity contribution in [3.8, 4) is 5.75 Å². The predicted molar refractivity (Wildman–Crippen MR) is 73.7 cm³/mol. The third kappa shape index (κ3) is 3.08. The monoisotopic (exact) mass is 277 g/mol. The molecule has 1 aromatic carbocycles. The number of rotatable bonds is 4. The zero-order valence-electron chi connectivity index (χ0n) is 11.2. The van der Waals surface area contributed by atoms with Gasteiger partial charge in [-0.1, -0.05) is 12.1 Å². The topological polar surface area (TPSA) is 110 Å². The van der Waals surface area contributed by atoms with Gasteiger partial charge in [-0.25, -0.2) is 0 Å². The lowest BCUT2D eigenvalue weighted by atomic mass is 10.0. The van der Waals surface area contributed by atoms with Crippen LogP contribution in [-0.4, -0.2) is 40.4 Å². The molecular weight excluding hydrogens is 258 g/mol. The van der Waals surface area contributed by atoms with E-state index in [1.807, 2.05) is 0 Å². The summed E-state index contributed by atoms with van der Waals surface area (Å²) in [4.78, 5) is 25.0. The number of carbonyl (C=O) groups is 2. The number of benzene rings is 1. The number of amides is 2. The van der Waals surface area contributed by atoms with E-state index in [0.717, 1.165) is 12.0 Å². The molecule has 5 N–H and O–H groups in total. The second kappa shape index (κ2) is 5.92. The first-order valence-corrected chi connectivity index (χ1v) is 6.62. The fraction of sp³-hybridized carbons (Fsp3) is 0.429. The Balaban J connectivity index is 2.01. The highest BCUT2D eigenvalue weighted by atomic mass is 16.3. The Labute approximate surface area is 117 Å². The predicted octanol–water partition coefficient (Wildman–Crippen LogP) is -0.262. The quantitative estimate of drug-likeness (QED) is 0.704. The number of nitrogens with two attached hydrogens (primary N) is 2. The summed E-state index contributed by atoms with van der Waals surface area (Å²) in [5.74, 6) is -0.561. The van der Waals surface area contributed by atoms with Gasteiger partial charge in [-0.3, -0.25) is 9.59 Å². The second-order valence-corrected chi connectivity index (χ2v) is 5.07. The lowest BCUT2D eigenvalue weighted by molar-refractivity contribution is -0.138. The number of hydrogen-bond donors (Lipinski definition) is 3. The van der Waals surface area contributed by atoms with Crippen molar-refractivity contribution in [3.63, 3.8) is 0 Å². The van der Waals surface area contributed by atoms with Crippen molar-refractivity contribution in [3.05, 3.63) is 29.8 Å². The Morgan fingerprint density at radius 2 is 2.00 bits per heavy atom. The fourth-order valence-corrected chi connectivity index (χ4v) is 2.51. The second-order valence-electron chi connectivity index (χ2n) is 5.07. The van der Waals surface area contributed by atoms with Crippen molar-refractivity contribution in [2.45, 2.75) is 31.3 Å². The number of nitrogens with zero attached hydrogens (tertiary/aromatic N) is 1. The van der Waals surface area contributed by atoms with Crippen LogP contribution in [0.1, 0.15) is 18.4 Å². The van der Waals surface area contributed by atoms with Gasteiger partial charge >= 0.3 is 0 Å². The zero-order valence-corrected chi connectivity index (χ0v) is 11.2. The summed E-state index contributed by atoms with van der Waals surface area (Å²) >= 11 is 0. The highest BCUT2D eigenvalue weighted by Crippen LogP contribution is 2.19. The molecule has 0 saturated carbocycles. The van der Waals surface area contributed by atoms with Crippen LogP contribution in [0.5, 0.6) is 5.75 Å². The van der Waals surface area contributed by atoms with Crippen LogP contribution in [-0.2, 0) is 16.0 Å². The van der Waals surface area contributed by atoms with Crippen molar-refractivity contribution in [2.75, 3.05) is 6.54 Å². The Morgan fingerprint density at radius 3 is 2.60 bits per heavy atom. The first-order chi connectivity index (χ1) is 9.49. The van der Waals surface area contributed by atoms with Crippen LogP contribution in [0.15, 0.2) is 24.3 Å². The molecule has 0 aliphatic carbocycles. The third-order valence-corrected chi connectivity index (χ3v) is 3.57. The van der Waals surface area contributed by atoms with E-state index < -0.39 is 18.0 Å². The number of phenols is 1. The highest BCUT2D eigenvalue weighted by Gasteiger charge is 2.34. The van der Waals surface area contributed by atoms with Crippen LogP contribution in [0.2, 0.25) is 0 Å². The van der Waals surface area contributed by atoms with Gasteiger partial charge in [-0.05, 0) is 37.0 Å². The average Bonchev–Trinajstić information content (AvgIpc) is 2.90. The maximum Gasteiger partial charge on any atom is 0.240 e. The summed E-state index contributed by atoms with van der Waals surface area (Å²) in [6.07, 6.45) is 1.74. The molecule has 2 rings (SSSR count). The molecule has 1 heterocycles. The molecule has 0 bridgehead atoms. The lowest BCUT2D eigenvalue weighted by Crippen LogP contribution is -2.50. The highest BCUT2D eigenvalue weighted by molar-refractivity contribution is 5.89. The van der Waals surface area contributed by atoms with E-state index in [1.165, 1.54) is 4.90 Å². The molecule has 20 heavy (non-hydrogen) atoms. The van der Waals surface area contributed by atoms with Gasteiger partial charge in [-0.15, -0.1) is 0 Å². The minimum absolute atomic E-state index is 0.169. The molecule has 0 aromatic heterocycles. The first-order valence-electron chi connectivity index (χ1n) is 6.62. The summed E-state index contributed by atoms with van der Waals surface area (Å²) in [5.41, 5.74) is 12.1. The van der Waals surface area contributed by atoms with Crippen LogP contribution < -0.4 is 11.5 Å². The lowest BCUT2D eigenvalue weighted by Gasteiger charge is -2.25. The number of hydrogen-bond acceptors (Lipinski definition) is 4. The molecule has 1 fully saturated rings. The minimum atomic E-state index is -0.709. The van der Waals surface area contributed by atoms with Crippen molar-refractivity contribution in [1.29, 1.82) is 0 Å². The largest absolute Gasteiger partial charge is 0.508 e. The van der Waals surface area contributed by atoms with Gasteiger partial charge in [0, 0.05) is 6.54 Å². The normalized spacial score (nSPS) is 19.9. The van der Waals surface area contributed by atoms with Crippen LogP contribution in [0.25, 0.3) is 0 Å². The van der Waals surface area contributed by atoms with Gasteiger partial charge < -0.3 is 21.5 Å². The van der Waals surface area contributed by atoms with E-state index >= 15 is 0 Å². The minimum Gasteiger partial charge on any atom is -0.508 e. The van der Waals surface area contributed by atoms with Crippen LogP contribution in [0, 0.1) is 0 Å². The molecule has 0 radical (unpaired) electrons. The molecule has 108 valence electrons. The van der Waals surface area contributed by atoms with E-state index in [0.29, 0.717) is 19.4 Å². The zero-order chi connectivity index (χ0) is 14.7. The molecule has 1 aliphatic heterocycles. The summed E-state index contributed by atoms with van der Waals surface area (Å²) in [5, 5.41) is 9.21. The SMILES string of the molecule is NC(=O)[C@@H]1CCCN1C(=O)[C@@H](N)Cc1ccc(O)cc1. The molecule has 2 atom stereocenters. The molecule has 1 saturated heterocycles. The molecule has 0 unspecified atom stereocenters. The van der Waals surface area contributed by atoms with Crippen LogP contribution >= 0.6 is 0 Å².